The lowest BCUT2D eigenvalue weighted by molar-refractivity contribution is -0.260. The Bertz CT molecular complexity index is 622. The molecule has 1 fully saturated rings. The molecule has 1 unspecified atom stereocenters. The van der Waals surface area contributed by atoms with Crippen LogP contribution >= 0.6 is 7.60 Å². The van der Waals surface area contributed by atoms with Crippen LogP contribution in [0.25, 0.3) is 0 Å². The molecule has 1 heterocycles. The number of aliphatic hydroxyl groups is 4. The molecule has 1 aromatic carbocycles. The zero-order valence-corrected chi connectivity index (χ0v) is 14.7. The largest absolute Gasteiger partial charge is 0.462 e. The molecule has 6 atom stereocenters. The van der Waals surface area contributed by atoms with Gasteiger partial charge in [0.15, 0.2) is 0 Å². The minimum Gasteiger partial charge on any atom is -0.462 e. The summed E-state index contributed by atoms with van der Waals surface area (Å²) in [5.41, 5.74) is 5.94. The van der Waals surface area contributed by atoms with E-state index in [-0.39, 0.29) is 12.3 Å². The maximum atomic E-state index is 11.3. The molecule has 10 nitrogen and oxygen atoms in total. The van der Waals surface area contributed by atoms with Crippen LogP contribution in [0, 0.1) is 5.92 Å². The highest BCUT2D eigenvalue weighted by atomic mass is 31.2. The Hall–Kier alpha value is -1.07. The van der Waals surface area contributed by atoms with Crippen molar-refractivity contribution >= 4 is 7.60 Å². The summed E-state index contributed by atoms with van der Waals surface area (Å²) < 4.78 is 22.1. The average molecular weight is 393 g/mol. The fourth-order valence-corrected chi connectivity index (χ4v) is 3.77. The first kappa shape index (κ1) is 21.2. The van der Waals surface area contributed by atoms with Crippen LogP contribution in [0.5, 0.6) is 5.75 Å². The van der Waals surface area contributed by atoms with E-state index < -0.39 is 57.0 Å². The fourth-order valence-electron chi connectivity index (χ4n) is 2.79. The number of rotatable bonds is 7. The second kappa shape index (κ2) is 8.75. The highest BCUT2D eigenvalue weighted by molar-refractivity contribution is 7.51. The van der Waals surface area contributed by atoms with E-state index in [0.29, 0.717) is 5.56 Å². The fraction of sp³-hybridized carbons (Fsp3) is 0.600. The standard InChI is InChI=1S/C15H24NO9P/c16-5-11(18)8-1-3-9(4-2-8)24-15-14(20)10(7-26(21,22)23)13(19)12(6-17)25-15/h1-4,10-15,17-20H,5-7,16H2,(H2,21,22,23)/t10-,11?,12+,13-,14+,15+/m0/s1. The minimum absolute atomic E-state index is 0.0464. The van der Waals surface area contributed by atoms with Gasteiger partial charge in [-0.2, -0.15) is 0 Å². The molecule has 0 saturated carbocycles. The third-order valence-electron chi connectivity index (χ3n) is 4.21. The number of benzene rings is 1. The van der Waals surface area contributed by atoms with Crippen LogP contribution in [0.3, 0.4) is 0 Å². The Morgan fingerprint density at radius 3 is 2.31 bits per heavy atom. The third kappa shape index (κ3) is 5.23. The van der Waals surface area contributed by atoms with Crippen molar-refractivity contribution in [2.24, 2.45) is 11.7 Å². The smallest absolute Gasteiger partial charge is 0.326 e. The highest BCUT2D eigenvalue weighted by Gasteiger charge is 2.47. The monoisotopic (exact) mass is 393 g/mol. The molecule has 0 radical (unpaired) electrons. The predicted molar refractivity (Wildman–Crippen MR) is 89.2 cm³/mol. The van der Waals surface area contributed by atoms with Gasteiger partial charge in [0.05, 0.1) is 25.0 Å². The van der Waals surface area contributed by atoms with Crippen molar-refractivity contribution in [3.63, 3.8) is 0 Å². The minimum atomic E-state index is -4.53. The maximum Gasteiger partial charge on any atom is 0.326 e. The van der Waals surface area contributed by atoms with Gasteiger partial charge in [0, 0.05) is 12.5 Å². The number of hydrogen-bond donors (Lipinski definition) is 7. The van der Waals surface area contributed by atoms with Gasteiger partial charge < -0.3 is 45.4 Å². The van der Waals surface area contributed by atoms with E-state index in [0.717, 1.165) is 0 Å². The summed E-state index contributed by atoms with van der Waals surface area (Å²) in [4.78, 5) is 18.3. The topological polar surface area (TPSA) is 183 Å². The lowest BCUT2D eigenvalue weighted by atomic mass is 9.90. The Morgan fingerprint density at radius 2 is 1.81 bits per heavy atom. The van der Waals surface area contributed by atoms with E-state index in [1.54, 1.807) is 12.1 Å². The zero-order chi connectivity index (χ0) is 19.5. The van der Waals surface area contributed by atoms with Crippen molar-refractivity contribution in [1.29, 1.82) is 0 Å². The van der Waals surface area contributed by atoms with Crippen molar-refractivity contribution in [1.82, 2.24) is 0 Å². The molecule has 26 heavy (non-hydrogen) atoms. The molecule has 1 aromatic rings. The molecular formula is C15H24NO9P. The molecule has 8 N–H and O–H groups in total. The van der Waals surface area contributed by atoms with Crippen LogP contribution in [0.2, 0.25) is 0 Å². The van der Waals surface area contributed by atoms with Crippen LogP contribution in [0.1, 0.15) is 11.7 Å². The normalized spacial score (nSPS) is 30.8. The number of aliphatic hydroxyl groups excluding tert-OH is 4. The summed E-state index contributed by atoms with van der Waals surface area (Å²) in [5, 5.41) is 39.4. The lowest BCUT2D eigenvalue weighted by Gasteiger charge is -2.42. The number of ether oxygens (including phenoxy) is 2. The molecule has 0 spiro atoms. The van der Waals surface area contributed by atoms with Crippen molar-refractivity contribution in [2.75, 3.05) is 19.3 Å². The number of nitrogens with two attached hydrogens (primary N) is 1. The van der Waals surface area contributed by atoms with Crippen LogP contribution in [-0.2, 0) is 9.30 Å². The van der Waals surface area contributed by atoms with E-state index in [2.05, 4.69) is 0 Å². The van der Waals surface area contributed by atoms with Crippen molar-refractivity contribution < 1.29 is 44.3 Å². The van der Waals surface area contributed by atoms with E-state index in [1.165, 1.54) is 12.1 Å². The SMILES string of the molecule is NCC(O)c1ccc(O[C@@H]2O[C@H](CO)[C@@H](O)[C@H](CP(=O)(O)O)[C@H]2O)cc1. The van der Waals surface area contributed by atoms with Crippen LogP contribution in [0.15, 0.2) is 24.3 Å². The van der Waals surface area contributed by atoms with E-state index in [4.69, 9.17) is 25.0 Å². The molecule has 1 aliphatic rings. The number of hydrogen-bond acceptors (Lipinski definition) is 8. The van der Waals surface area contributed by atoms with E-state index in [1.807, 2.05) is 0 Å². The first-order valence-electron chi connectivity index (χ1n) is 7.98. The van der Waals surface area contributed by atoms with Gasteiger partial charge in [-0.25, -0.2) is 0 Å². The predicted octanol–water partition coefficient (Wildman–Crippen LogP) is -1.71. The van der Waals surface area contributed by atoms with Crippen LogP contribution < -0.4 is 10.5 Å². The Morgan fingerprint density at radius 1 is 1.19 bits per heavy atom. The zero-order valence-electron chi connectivity index (χ0n) is 13.8. The van der Waals surface area contributed by atoms with Gasteiger partial charge >= 0.3 is 7.60 Å². The summed E-state index contributed by atoms with van der Waals surface area (Å²) in [5.74, 6) is -0.991. The van der Waals surface area contributed by atoms with Crippen LogP contribution in [0.4, 0.5) is 0 Å². The van der Waals surface area contributed by atoms with Gasteiger partial charge in [0.25, 0.3) is 0 Å². The maximum absolute atomic E-state index is 11.3. The second-order valence-corrected chi connectivity index (χ2v) is 7.85. The molecule has 2 rings (SSSR count). The molecule has 0 aliphatic carbocycles. The van der Waals surface area contributed by atoms with Gasteiger partial charge in [-0.1, -0.05) is 12.1 Å². The highest BCUT2D eigenvalue weighted by Crippen LogP contribution is 2.41. The summed E-state index contributed by atoms with van der Waals surface area (Å²) in [6.45, 7) is -0.572. The van der Waals surface area contributed by atoms with Gasteiger partial charge in [-0.15, -0.1) is 0 Å². The summed E-state index contributed by atoms with van der Waals surface area (Å²) in [7, 11) is -4.53. The third-order valence-corrected chi connectivity index (χ3v) is 5.11. The van der Waals surface area contributed by atoms with Crippen molar-refractivity contribution in [2.45, 2.75) is 30.7 Å². The molecule has 1 aliphatic heterocycles. The van der Waals surface area contributed by atoms with E-state index in [9.17, 15) is 25.0 Å². The molecule has 1 saturated heterocycles. The first-order valence-corrected chi connectivity index (χ1v) is 9.77. The second-order valence-electron chi connectivity index (χ2n) is 6.16. The van der Waals surface area contributed by atoms with Gasteiger partial charge in [0.2, 0.25) is 6.29 Å². The Labute approximate surface area is 150 Å². The molecule has 0 bridgehead atoms. The van der Waals surface area contributed by atoms with Crippen molar-refractivity contribution in [3.8, 4) is 5.75 Å². The molecular weight excluding hydrogens is 369 g/mol. The van der Waals surface area contributed by atoms with Gasteiger partial charge in [-0.05, 0) is 17.7 Å². The molecule has 0 aromatic heterocycles. The Kier molecular flexibility index (Phi) is 7.14. The summed E-state index contributed by atoms with van der Waals surface area (Å²) >= 11 is 0. The quantitative estimate of drug-likeness (QED) is 0.263. The summed E-state index contributed by atoms with van der Waals surface area (Å²) in [6.07, 6.45) is -7.13. The molecule has 0 amide bonds. The van der Waals surface area contributed by atoms with Crippen LogP contribution in [-0.4, -0.2) is 74.1 Å². The van der Waals surface area contributed by atoms with Gasteiger partial charge in [-0.3, -0.25) is 4.57 Å². The Balaban J connectivity index is 2.15. The molecule has 11 heteroatoms. The average Bonchev–Trinajstić information content (AvgIpc) is 2.60. The van der Waals surface area contributed by atoms with E-state index >= 15 is 0 Å². The van der Waals surface area contributed by atoms with Gasteiger partial charge in [0.1, 0.15) is 18.0 Å². The first-order chi connectivity index (χ1) is 12.2. The van der Waals surface area contributed by atoms with Crippen molar-refractivity contribution in [3.05, 3.63) is 29.8 Å². The lowest BCUT2D eigenvalue weighted by Crippen LogP contribution is -2.58. The summed E-state index contributed by atoms with van der Waals surface area (Å²) in [6, 6.07) is 6.13. The molecule has 148 valence electrons.